The first-order chi connectivity index (χ1) is 14.0. The Morgan fingerprint density at radius 3 is 2.59 bits per heavy atom. The summed E-state index contributed by atoms with van der Waals surface area (Å²) in [6.07, 6.45) is 0.995. The number of hydrogen-bond donors (Lipinski definition) is 0. The fourth-order valence-corrected chi connectivity index (χ4v) is 3.57. The fraction of sp³-hybridized carbons (Fsp3) is 0.182. The van der Waals surface area contributed by atoms with Gasteiger partial charge < -0.3 is 4.74 Å². The summed E-state index contributed by atoms with van der Waals surface area (Å²) in [4.78, 5) is 42.4. The van der Waals surface area contributed by atoms with E-state index in [2.05, 4.69) is 20.9 Å². The molecule has 1 saturated heterocycles. The number of amides is 2. The zero-order valence-electron chi connectivity index (χ0n) is 15.4. The van der Waals surface area contributed by atoms with Crippen molar-refractivity contribution < 1.29 is 19.1 Å². The molecule has 29 heavy (non-hydrogen) atoms. The third kappa shape index (κ3) is 4.05. The molecule has 1 aromatic heterocycles. The first-order valence-corrected chi connectivity index (χ1v) is 9.98. The average Bonchev–Trinajstić information content (AvgIpc) is 3.17. The van der Waals surface area contributed by atoms with Crippen molar-refractivity contribution in [3.8, 4) is 11.3 Å². The number of likely N-dealkylation sites (tertiary alicyclic amines) is 1. The van der Waals surface area contributed by atoms with Crippen molar-refractivity contribution in [1.82, 2.24) is 9.88 Å². The maximum absolute atomic E-state index is 12.8. The number of fused-ring (bicyclic) bond motifs is 1. The van der Waals surface area contributed by atoms with Crippen molar-refractivity contribution in [3.05, 3.63) is 64.6 Å². The van der Waals surface area contributed by atoms with Gasteiger partial charge in [-0.3, -0.25) is 14.5 Å². The van der Waals surface area contributed by atoms with Gasteiger partial charge in [0.25, 0.3) is 5.91 Å². The van der Waals surface area contributed by atoms with Crippen LogP contribution in [0, 0.1) is 0 Å². The van der Waals surface area contributed by atoms with Crippen molar-refractivity contribution in [2.24, 2.45) is 0 Å². The topological polar surface area (TPSA) is 76.6 Å². The molecule has 2 amide bonds. The normalized spacial score (nSPS) is 13.7. The Labute approximate surface area is 175 Å². The van der Waals surface area contributed by atoms with Crippen LogP contribution < -0.4 is 0 Å². The SMILES string of the molecule is O=C(OCC(=O)N1CCCC1=O)c1cc(-c2ccc(Br)cc2)nc2ccccc12. The third-order valence-electron chi connectivity index (χ3n) is 4.78. The molecule has 1 aliphatic rings. The summed E-state index contributed by atoms with van der Waals surface area (Å²) in [6.45, 7) is -0.0873. The number of carbonyl (C=O) groups is 3. The van der Waals surface area contributed by atoms with E-state index in [1.165, 1.54) is 0 Å². The number of aromatic nitrogens is 1. The van der Waals surface area contributed by atoms with Gasteiger partial charge in [-0.15, -0.1) is 0 Å². The minimum absolute atomic E-state index is 0.224. The number of carbonyl (C=O) groups excluding carboxylic acids is 3. The van der Waals surface area contributed by atoms with Crippen LogP contribution in [-0.4, -0.2) is 40.8 Å². The number of rotatable bonds is 4. The van der Waals surface area contributed by atoms with Crippen LogP contribution in [0.25, 0.3) is 22.2 Å². The smallest absolute Gasteiger partial charge is 0.339 e. The predicted molar refractivity (Wildman–Crippen MR) is 111 cm³/mol. The second kappa shape index (κ2) is 8.13. The zero-order chi connectivity index (χ0) is 20.4. The second-order valence-corrected chi connectivity index (χ2v) is 7.61. The maximum Gasteiger partial charge on any atom is 0.339 e. The predicted octanol–water partition coefficient (Wildman–Crippen LogP) is 3.97. The molecule has 1 aliphatic heterocycles. The Balaban J connectivity index is 1.63. The van der Waals surface area contributed by atoms with Crippen LogP contribution in [0.2, 0.25) is 0 Å². The minimum atomic E-state index is -0.623. The second-order valence-electron chi connectivity index (χ2n) is 6.70. The molecule has 0 radical (unpaired) electrons. The summed E-state index contributed by atoms with van der Waals surface area (Å²) in [5.41, 5.74) is 2.46. The molecule has 0 saturated carbocycles. The molecule has 0 unspecified atom stereocenters. The first kappa shape index (κ1) is 19.3. The summed E-state index contributed by atoms with van der Waals surface area (Å²) in [5.74, 6) is -1.34. The lowest BCUT2D eigenvalue weighted by atomic mass is 10.0. The lowest BCUT2D eigenvalue weighted by Gasteiger charge is -2.14. The van der Waals surface area contributed by atoms with Gasteiger partial charge >= 0.3 is 5.97 Å². The van der Waals surface area contributed by atoms with Crippen LogP contribution in [-0.2, 0) is 14.3 Å². The molecule has 0 N–H and O–H groups in total. The Morgan fingerprint density at radius 2 is 1.86 bits per heavy atom. The van der Waals surface area contributed by atoms with Crippen LogP contribution in [0.5, 0.6) is 0 Å². The number of esters is 1. The van der Waals surface area contributed by atoms with Gasteiger partial charge in [0.2, 0.25) is 5.91 Å². The number of halogens is 1. The Hall–Kier alpha value is -3.06. The highest BCUT2D eigenvalue weighted by Gasteiger charge is 2.27. The molecule has 7 heteroatoms. The molecular weight excluding hydrogens is 436 g/mol. The van der Waals surface area contributed by atoms with Crippen LogP contribution in [0.3, 0.4) is 0 Å². The minimum Gasteiger partial charge on any atom is -0.452 e. The standard InChI is InChI=1S/C22H17BrN2O4/c23-15-9-7-14(8-10-15)19-12-17(16-4-1-2-5-18(16)24-19)22(28)29-13-21(27)25-11-3-6-20(25)26/h1-2,4-5,7-10,12H,3,6,11,13H2. The molecule has 0 spiro atoms. The number of ether oxygens (including phenoxy) is 1. The molecule has 3 aromatic rings. The van der Waals surface area contributed by atoms with E-state index in [9.17, 15) is 14.4 Å². The zero-order valence-corrected chi connectivity index (χ0v) is 17.0. The first-order valence-electron chi connectivity index (χ1n) is 9.19. The number of benzene rings is 2. The quantitative estimate of drug-likeness (QED) is 0.559. The number of imide groups is 1. The van der Waals surface area contributed by atoms with E-state index in [0.717, 1.165) is 14.9 Å². The van der Waals surface area contributed by atoms with Crippen molar-refractivity contribution in [2.75, 3.05) is 13.2 Å². The third-order valence-corrected chi connectivity index (χ3v) is 5.31. The Bertz CT molecular complexity index is 1110. The van der Waals surface area contributed by atoms with Gasteiger partial charge in [0.05, 0.1) is 16.8 Å². The molecule has 2 aromatic carbocycles. The molecule has 0 bridgehead atoms. The van der Waals surface area contributed by atoms with Gasteiger partial charge in [0, 0.05) is 28.4 Å². The number of nitrogens with zero attached hydrogens (tertiary/aromatic N) is 2. The van der Waals surface area contributed by atoms with E-state index in [1.54, 1.807) is 12.1 Å². The molecule has 0 atom stereocenters. The van der Waals surface area contributed by atoms with Gasteiger partial charge in [-0.1, -0.05) is 46.3 Å². The largest absolute Gasteiger partial charge is 0.452 e. The Kier molecular flexibility index (Phi) is 5.40. The molecule has 1 fully saturated rings. The van der Waals surface area contributed by atoms with Crippen LogP contribution >= 0.6 is 15.9 Å². The lowest BCUT2D eigenvalue weighted by molar-refractivity contribution is -0.143. The van der Waals surface area contributed by atoms with Crippen LogP contribution in [0.15, 0.2) is 59.1 Å². The van der Waals surface area contributed by atoms with E-state index < -0.39 is 18.5 Å². The molecule has 0 aliphatic carbocycles. The van der Waals surface area contributed by atoms with Crippen molar-refractivity contribution >= 4 is 44.6 Å². The summed E-state index contributed by atoms with van der Waals surface area (Å²) < 4.78 is 6.19. The van der Waals surface area contributed by atoms with E-state index >= 15 is 0 Å². The summed E-state index contributed by atoms with van der Waals surface area (Å²) in [7, 11) is 0. The van der Waals surface area contributed by atoms with Crippen molar-refractivity contribution in [1.29, 1.82) is 0 Å². The molecular formula is C22H17BrN2O4. The van der Waals surface area contributed by atoms with E-state index in [1.807, 2.05) is 42.5 Å². The number of pyridine rings is 1. The highest BCUT2D eigenvalue weighted by Crippen LogP contribution is 2.26. The van der Waals surface area contributed by atoms with Gasteiger partial charge in [0.1, 0.15) is 0 Å². The fourth-order valence-electron chi connectivity index (χ4n) is 3.31. The summed E-state index contributed by atoms with van der Waals surface area (Å²) >= 11 is 3.41. The van der Waals surface area contributed by atoms with Crippen molar-refractivity contribution in [2.45, 2.75) is 12.8 Å². The van der Waals surface area contributed by atoms with Crippen molar-refractivity contribution in [3.63, 3.8) is 0 Å². The molecule has 4 rings (SSSR count). The van der Waals surface area contributed by atoms with Crippen LogP contribution in [0.4, 0.5) is 0 Å². The average molecular weight is 453 g/mol. The van der Waals surface area contributed by atoms with E-state index in [-0.39, 0.29) is 5.91 Å². The lowest BCUT2D eigenvalue weighted by Crippen LogP contribution is -2.35. The van der Waals surface area contributed by atoms with Gasteiger partial charge in [-0.25, -0.2) is 9.78 Å². The highest BCUT2D eigenvalue weighted by atomic mass is 79.9. The number of para-hydroxylation sites is 1. The van der Waals surface area contributed by atoms with Crippen LogP contribution in [0.1, 0.15) is 23.2 Å². The van der Waals surface area contributed by atoms with E-state index in [4.69, 9.17) is 4.74 Å². The molecule has 146 valence electrons. The number of hydrogen-bond acceptors (Lipinski definition) is 5. The van der Waals surface area contributed by atoms with Gasteiger partial charge in [0.15, 0.2) is 6.61 Å². The van der Waals surface area contributed by atoms with Gasteiger partial charge in [-0.2, -0.15) is 0 Å². The molecule has 2 heterocycles. The van der Waals surface area contributed by atoms with Gasteiger partial charge in [-0.05, 0) is 30.7 Å². The Morgan fingerprint density at radius 1 is 1.10 bits per heavy atom. The van der Waals surface area contributed by atoms with E-state index in [0.29, 0.717) is 41.5 Å². The monoisotopic (exact) mass is 452 g/mol. The molecule has 6 nitrogen and oxygen atoms in total. The highest BCUT2D eigenvalue weighted by molar-refractivity contribution is 9.10. The maximum atomic E-state index is 12.8. The summed E-state index contributed by atoms with van der Waals surface area (Å²) in [6, 6.07) is 16.5. The summed E-state index contributed by atoms with van der Waals surface area (Å²) in [5, 5.41) is 0.642.